The number of benzene rings is 1. The Morgan fingerprint density at radius 2 is 2.19 bits per heavy atom. The predicted octanol–water partition coefficient (Wildman–Crippen LogP) is 1.97. The topological polar surface area (TPSA) is 78.1 Å². The molecule has 0 saturated carbocycles. The van der Waals surface area contributed by atoms with E-state index in [1.807, 2.05) is 4.90 Å². The molecule has 1 aliphatic rings. The molecule has 0 bridgehead atoms. The zero-order chi connectivity index (χ0) is 18.5. The third kappa shape index (κ3) is 4.65. The highest BCUT2D eigenvalue weighted by Crippen LogP contribution is 2.23. The fourth-order valence-electron chi connectivity index (χ4n) is 3.20. The van der Waals surface area contributed by atoms with Crippen molar-refractivity contribution in [3.05, 3.63) is 58.0 Å². The maximum atomic E-state index is 13.6. The molecular formula is C18H20F2N4O2. The van der Waals surface area contributed by atoms with Crippen LogP contribution >= 0.6 is 0 Å². The number of hydrogen-bond donors (Lipinski definition) is 2. The Kier molecular flexibility index (Phi) is 5.60. The largest absolute Gasteiger partial charge is 0.370 e. The molecular weight excluding hydrogens is 342 g/mol. The number of anilines is 1. The standard InChI is InChI=1S/C18H20F2N4O2/c19-14-4-3-13(16(20)7-14)9-21-17(25)6-12-2-1-5-24(11-12)15-8-18(26)23-22-10-15/h3-4,7-8,10,12H,1-2,5-6,9,11H2,(H,21,25)(H,23,26). The number of H-pyrrole nitrogens is 1. The van der Waals surface area contributed by atoms with Crippen LogP contribution in [-0.2, 0) is 11.3 Å². The van der Waals surface area contributed by atoms with E-state index in [1.54, 1.807) is 6.20 Å². The van der Waals surface area contributed by atoms with Gasteiger partial charge in [-0.2, -0.15) is 5.10 Å². The second-order valence-electron chi connectivity index (χ2n) is 6.47. The molecule has 1 fully saturated rings. The number of hydrogen-bond acceptors (Lipinski definition) is 4. The van der Waals surface area contributed by atoms with Gasteiger partial charge in [0.05, 0.1) is 11.9 Å². The van der Waals surface area contributed by atoms with Crippen molar-refractivity contribution in [1.29, 1.82) is 0 Å². The molecule has 6 nitrogen and oxygen atoms in total. The molecule has 3 rings (SSSR count). The monoisotopic (exact) mass is 362 g/mol. The molecule has 0 radical (unpaired) electrons. The molecule has 1 amide bonds. The Labute approximate surface area is 149 Å². The van der Waals surface area contributed by atoms with Crippen LogP contribution in [0.3, 0.4) is 0 Å². The van der Waals surface area contributed by atoms with Gasteiger partial charge in [-0.05, 0) is 24.8 Å². The molecule has 1 saturated heterocycles. The summed E-state index contributed by atoms with van der Waals surface area (Å²) in [6, 6.07) is 4.79. The number of aromatic amines is 1. The summed E-state index contributed by atoms with van der Waals surface area (Å²) in [6.07, 6.45) is 3.74. The lowest BCUT2D eigenvalue weighted by molar-refractivity contribution is -0.122. The number of halogens is 2. The highest BCUT2D eigenvalue weighted by atomic mass is 19.1. The molecule has 1 aromatic carbocycles. The zero-order valence-corrected chi connectivity index (χ0v) is 14.2. The summed E-state index contributed by atoms with van der Waals surface area (Å²) in [4.78, 5) is 25.6. The fourth-order valence-corrected chi connectivity index (χ4v) is 3.20. The van der Waals surface area contributed by atoms with Crippen LogP contribution in [-0.4, -0.2) is 29.2 Å². The van der Waals surface area contributed by atoms with E-state index in [0.717, 1.165) is 31.1 Å². The van der Waals surface area contributed by atoms with Crippen LogP contribution in [0.1, 0.15) is 24.8 Å². The lowest BCUT2D eigenvalue weighted by Gasteiger charge is -2.33. The van der Waals surface area contributed by atoms with Gasteiger partial charge < -0.3 is 10.2 Å². The third-order valence-corrected chi connectivity index (χ3v) is 4.50. The molecule has 0 aliphatic carbocycles. The third-order valence-electron chi connectivity index (χ3n) is 4.50. The average molecular weight is 362 g/mol. The zero-order valence-electron chi connectivity index (χ0n) is 14.2. The second kappa shape index (κ2) is 8.07. The molecule has 26 heavy (non-hydrogen) atoms. The summed E-state index contributed by atoms with van der Waals surface area (Å²) in [6.45, 7) is 1.49. The van der Waals surface area contributed by atoms with Crippen molar-refractivity contribution < 1.29 is 13.6 Å². The lowest BCUT2D eigenvalue weighted by Crippen LogP contribution is -2.38. The van der Waals surface area contributed by atoms with Gasteiger partial charge >= 0.3 is 0 Å². The molecule has 2 heterocycles. The molecule has 0 spiro atoms. The van der Waals surface area contributed by atoms with Crippen LogP contribution in [0.15, 0.2) is 35.3 Å². The van der Waals surface area contributed by atoms with E-state index in [1.165, 1.54) is 18.2 Å². The molecule has 2 N–H and O–H groups in total. The maximum absolute atomic E-state index is 13.6. The number of carbonyl (C=O) groups is 1. The molecule has 138 valence electrons. The van der Waals surface area contributed by atoms with Gasteiger partial charge in [-0.3, -0.25) is 9.59 Å². The Hall–Kier alpha value is -2.77. The highest BCUT2D eigenvalue weighted by Gasteiger charge is 2.23. The first kappa shape index (κ1) is 18.0. The Morgan fingerprint density at radius 1 is 1.35 bits per heavy atom. The smallest absolute Gasteiger partial charge is 0.266 e. The minimum absolute atomic E-state index is 0.0271. The molecule has 1 aromatic heterocycles. The van der Waals surface area contributed by atoms with E-state index in [9.17, 15) is 18.4 Å². The van der Waals surface area contributed by atoms with Crippen molar-refractivity contribution in [3.8, 4) is 0 Å². The number of aromatic nitrogens is 2. The number of nitrogens with zero attached hydrogens (tertiary/aromatic N) is 2. The van der Waals surface area contributed by atoms with Crippen LogP contribution < -0.4 is 15.8 Å². The van der Waals surface area contributed by atoms with Crippen LogP contribution in [0, 0.1) is 17.6 Å². The van der Waals surface area contributed by atoms with Crippen LogP contribution in [0.25, 0.3) is 0 Å². The van der Waals surface area contributed by atoms with Crippen molar-refractivity contribution >= 4 is 11.6 Å². The van der Waals surface area contributed by atoms with Gasteiger partial charge in [0.15, 0.2) is 0 Å². The summed E-state index contributed by atoms with van der Waals surface area (Å²) >= 11 is 0. The van der Waals surface area contributed by atoms with Gasteiger partial charge in [-0.15, -0.1) is 0 Å². The van der Waals surface area contributed by atoms with E-state index >= 15 is 0 Å². The SMILES string of the molecule is O=C(CC1CCCN(c2cn[nH]c(=O)c2)C1)NCc1ccc(F)cc1F. The molecule has 1 atom stereocenters. The Bertz CT molecular complexity index is 840. The number of rotatable bonds is 5. The summed E-state index contributed by atoms with van der Waals surface area (Å²) in [5, 5.41) is 8.83. The van der Waals surface area contributed by atoms with Crippen molar-refractivity contribution in [2.24, 2.45) is 5.92 Å². The summed E-state index contributed by atoms with van der Waals surface area (Å²) in [7, 11) is 0. The van der Waals surface area contributed by atoms with Crippen molar-refractivity contribution in [1.82, 2.24) is 15.5 Å². The quantitative estimate of drug-likeness (QED) is 0.853. The minimum Gasteiger partial charge on any atom is -0.370 e. The van der Waals surface area contributed by atoms with E-state index in [4.69, 9.17) is 0 Å². The Morgan fingerprint density at radius 3 is 2.96 bits per heavy atom. The van der Waals surface area contributed by atoms with Gasteiger partial charge in [0.25, 0.3) is 5.56 Å². The van der Waals surface area contributed by atoms with E-state index in [0.29, 0.717) is 13.0 Å². The normalized spacial score (nSPS) is 17.2. The minimum atomic E-state index is -0.670. The average Bonchev–Trinajstić information content (AvgIpc) is 2.61. The number of carbonyl (C=O) groups excluding carboxylic acids is 1. The number of nitrogens with one attached hydrogen (secondary N) is 2. The fraction of sp³-hybridized carbons (Fsp3) is 0.389. The second-order valence-corrected chi connectivity index (χ2v) is 6.47. The Balaban J connectivity index is 1.53. The number of piperidine rings is 1. The van der Waals surface area contributed by atoms with Crippen molar-refractivity contribution in [2.45, 2.75) is 25.8 Å². The summed E-state index contributed by atoms with van der Waals surface area (Å²) < 4.78 is 26.5. The molecule has 1 unspecified atom stereocenters. The maximum Gasteiger partial charge on any atom is 0.266 e. The summed E-state index contributed by atoms with van der Waals surface area (Å²) in [5.41, 5.74) is 0.732. The molecule has 2 aromatic rings. The molecule has 1 aliphatic heterocycles. The first-order valence-electron chi connectivity index (χ1n) is 8.51. The lowest BCUT2D eigenvalue weighted by atomic mass is 9.94. The van der Waals surface area contributed by atoms with E-state index in [-0.39, 0.29) is 29.5 Å². The van der Waals surface area contributed by atoms with Gasteiger partial charge in [0.1, 0.15) is 11.6 Å². The summed E-state index contributed by atoms with van der Waals surface area (Å²) in [5.74, 6) is -1.35. The van der Waals surface area contributed by atoms with Gasteiger partial charge in [-0.1, -0.05) is 6.07 Å². The van der Waals surface area contributed by atoms with Crippen molar-refractivity contribution in [3.63, 3.8) is 0 Å². The van der Waals surface area contributed by atoms with Crippen molar-refractivity contribution in [2.75, 3.05) is 18.0 Å². The van der Waals surface area contributed by atoms with Crippen LogP contribution in [0.5, 0.6) is 0 Å². The highest BCUT2D eigenvalue weighted by molar-refractivity contribution is 5.76. The molecule has 8 heteroatoms. The van der Waals surface area contributed by atoms with Gasteiger partial charge in [-0.25, -0.2) is 13.9 Å². The van der Waals surface area contributed by atoms with Crippen LogP contribution in [0.4, 0.5) is 14.5 Å². The number of amides is 1. The first-order chi connectivity index (χ1) is 12.5. The first-order valence-corrected chi connectivity index (χ1v) is 8.51. The van der Waals surface area contributed by atoms with E-state index in [2.05, 4.69) is 15.5 Å². The van der Waals surface area contributed by atoms with Crippen LogP contribution in [0.2, 0.25) is 0 Å². The van der Waals surface area contributed by atoms with E-state index < -0.39 is 11.6 Å². The van der Waals surface area contributed by atoms with Gasteiger partial charge in [0, 0.05) is 43.8 Å². The predicted molar refractivity (Wildman–Crippen MR) is 92.6 cm³/mol. The van der Waals surface area contributed by atoms with Gasteiger partial charge in [0.2, 0.25) is 5.91 Å².